The van der Waals surface area contributed by atoms with Crippen LogP contribution in [-0.4, -0.2) is 84.2 Å². The van der Waals surface area contributed by atoms with E-state index in [1.807, 2.05) is 0 Å². The summed E-state index contributed by atoms with van der Waals surface area (Å²) in [6.07, 6.45) is -6.08. The predicted octanol–water partition coefficient (Wildman–Crippen LogP) is 11.2. The summed E-state index contributed by atoms with van der Waals surface area (Å²) in [5, 5.41) is 16.9. The summed E-state index contributed by atoms with van der Waals surface area (Å²) in [5.74, 6) is -4.53. The molecule has 65 heavy (non-hydrogen) atoms. The van der Waals surface area contributed by atoms with Crippen molar-refractivity contribution in [2.24, 2.45) is 11.8 Å². The Balaban J connectivity index is 1.53. The second-order valence-corrected chi connectivity index (χ2v) is 16.9. The summed E-state index contributed by atoms with van der Waals surface area (Å²) in [6.45, 7) is 0.213. The van der Waals surface area contributed by atoms with Crippen LogP contribution in [0.2, 0.25) is 10.0 Å². The van der Waals surface area contributed by atoms with Gasteiger partial charge in [-0.25, -0.2) is 0 Å². The first-order valence-electron chi connectivity index (χ1n) is 20.0. The van der Waals surface area contributed by atoms with Crippen LogP contribution in [0.1, 0.15) is 47.9 Å². The van der Waals surface area contributed by atoms with Crippen LogP contribution >= 0.6 is 35.0 Å². The number of hydrogen-bond acceptors (Lipinski definition) is 7. The molecule has 0 saturated carbocycles. The third kappa shape index (κ3) is 10.9. The highest BCUT2D eigenvalue weighted by molar-refractivity contribution is 7.99. The lowest BCUT2D eigenvalue weighted by Gasteiger charge is -2.29. The topological polar surface area (TPSA) is 134 Å². The number of piperidine rings is 2. The minimum Gasteiger partial charge on any atom is -0.496 e. The largest absolute Gasteiger partial charge is 0.496 e. The first kappa shape index (κ1) is 48.8. The molecule has 10 nitrogen and oxygen atoms in total. The highest BCUT2D eigenvalue weighted by Crippen LogP contribution is 2.53. The van der Waals surface area contributed by atoms with Crippen molar-refractivity contribution in [3.8, 4) is 33.8 Å². The van der Waals surface area contributed by atoms with Gasteiger partial charge in [0.1, 0.15) is 11.5 Å². The Labute approximate surface area is 383 Å². The average molecular weight is 966 g/mol. The summed E-state index contributed by atoms with van der Waals surface area (Å²) in [4.78, 5) is 51.5. The van der Waals surface area contributed by atoms with Gasteiger partial charge >= 0.3 is 24.3 Å². The number of halogens is 8. The Morgan fingerprint density at radius 3 is 1.26 bits per heavy atom. The zero-order chi connectivity index (χ0) is 47.4. The van der Waals surface area contributed by atoms with E-state index in [4.69, 9.17) is 32.7 Å². The summed E-state index contributed by atoms with van der Waals surface area (Å²) in [7, 11) is 2.58. The maximum Gasteiger partial charge on any atom is 0.418 e. The molecule has 2 N–H and O–H groups in total. The van der Waals surface area contributed by atoms with Gasteiger partial charge in [0.25, 0.3) is 0 Å². The first-order valence-corrected chi connectivity index (χ1v) is 21.5. The molecule has 4 aromatic rings. The number of ether oxygens (including phenoxy) is 2. The average Bonchev–Trinajstić information content (AvgIpc) is 3.27. The van der Waals surface area contributed by atoms with Crippen molar-refractivity contribution in [3.05, 3.63) is 105 Å². The highest BCUT2D eigenvalue weighted by Gasteiger charge is 2.41. The summed E-state index contributed by atoms with van der Waals surface area (Å²) in [5.41, 5.74) is -4.03. The zero-order valence-electron chi connectivity index (χ0n) is 34.6. The van der Waals surface area contributed by atoms with Gasteiger partial charge in [0.15, 0.2) is 0 Å². The predicted molar refractivity (Wildman–Crippen MR) is 233 cm³/mol. The van der Waals surface area contributed by atoms with Gasteiger partial charge < -0.3 is 29.5 Å². The minimum absolute atomic E-state index is 0.0534. The van der Waals surface area contributed by atoms with Gasteiger partial charge in [-0.15, -0.1) is 0 Å². The first-order chi connectivity index (χ1) is 30.7. The highest BCUT2D eigenvalue weighted by atomic mass is 35.5. The number of carboxylic acids is 2. The molecule has 2 aliphatic heterocycles. The standard InChI is InChI=1S/C46H40Cl2F6N2O8S/c1-63-33-9-5-3-7-27(33)31-23-35(41(47)39(45(49,50)51)29(31)11-13-37(57)55-19-15-25(16-20-55)43(59)60)65-36-24-32(28-8-4-6-10-34(28)64-2)30(40(42(36)48)46(52,53)54)12-14-38(58)56-21-17-26(18-22-56)44(61)62/h3-14,23-26H,15-22H2,1-2H3,(H,59,60)(H,61,62)/b13-11+,14-12+. The molecule has 6 rings (SSSR count). The van der Waals surface area contributed by atoms with Gasteiger partial charge in [-0.3, -0.25) is 19.2 Å². The quantitative estimate of drug-likeness (QED) is 0.105. The van der Waals surface area contributed by atoms with Gasteiger partial charge in [0.2, 0.25) is 11.8 Å². The second-order valence-electron chi connectivity index (χ2n) is 15.1. The van der Waals surface area contributed by atoms with Gasteiger partial charge in [-0.1, -0.05) is 71.4 Å². The van der Waals surface area contributed by atoms with E-state index in [-0.39, 0.29) is 95.4 Å². The molecule has 4 aromatic carbocycles. The molecule has 0 bridgehead atoms. The Morgan fingerprint density at radius 2 is 0.954 bits per heavy atom. The van der Waals surface area contributed by atoms with Crippen molar-refractivity contribution in [3.63, 3.8) is 0 Å². The van der Waals surface area contributed by atoms with Gasteiger partial charge in [0.05, 0.1) is 47.2 Å². The van der Waals surface area contributed by atoms with Crippen LogP contribution in [-0.2, 0) is 31.5 Å². The molecular formula is C46H40Cl2F6N2O8S. The number of amides is 2. The van der Waals surface area contributed by atoms with Crippen LogP contribution in [0.3, 0.4) is 0 Å². The number of aliphatic carboxylic acids is 2. The third-order valence-electron chi connectivity index (χ3n) is 11.2. The lowest BCUT2D eigenvalue weighted by atomic mass is 9.93. The van der Waals surface area contributed by atoms with E-state index in [1.165, 1.54) is 72.6 Å². The second kappa shape index (κ2) is 20.3. The number of carbonyl (C=O) groups excluding carboxylic acids is 2. The molecule has 0 radical (unpaired) electrons. The number of para-hydroxylation sites is 2. The molecule has 2 fully saturated rings. The van der Waals surface area contributed by atoms with Crippen molar-refractivity contribution in [1.82, 2.24) is 9.80 Å². The third-order valence-corrected chi connectivity index (χ3v) is 13.3. The monoisotopic (exact) mass is 964 g/mol. The summed E-state index contributed by atoms with van der Waals surface area (Å²) < 4.78 is 103. The van der Waals surface area contributed by atoms with Crippen molar-refractivity contribution >= 4 is 70.9 Å². The molecule has 344 valence electrons. The van der Waals surface area contributed by atoms with E-state index in [1.54, 1.807) is 12.1 Å². The normalized spacial score (nSPS) is 15.5. The number of nitrogens with zero attached hydrogens (tertiary/aromatic N) is 2. The molecule has 2 saturated heterocycles. The van der Waals surface area contributed by atoms with Gasteiger partial charge in [-0.2, -0.15) is 26.3 Å². The van der Waals surface area contributed by atoms with Crippen molar-refractivity contribution in [2.45, 2.75) is 47.8 Å². The van der Waals surface area contributed by atoms with Crippen LogP contribution < -0.4 is 9.47 Å². The van der Waals surface area contributed by atoms with Crippen LogP contribution in [0.25, 0.3) is 34.4 Å². The van der Waals surface area contributed by atoms with Gasteiger partial charge in [0, 0.05) is 59.2 Å². The fraction of sp³-hybridized carbons (Fsp3) is 0.304. The number of carboxylic acid groups (broad SMARTS) is 2. The summed E-state index contributed by atoms with van der Waals surface area (Å²) in [6, 6.07) is 14.5. The Hall–Kier alpha value is -5.65. The number of carbonyl (C=O) groups is 4. The minimum atomic E-state index is -5.21. The molecular weight excluding hydrogens is 925 g/mol. The maximum absolute atomic E-state index is 15.4. The van der Waals surface area contributed by atoms with Crippen molar-refractivity contribution in [1.29, 1.82) is 0 Å². The summed E-state index contributed by atoms with van der Waals surface area (Å²) >= 11 is 13.8. The Morgan fingerprint density at radius 1 is 0.615 bits per heavy atom. The van der Waals surface area contributed by atoms with E-state index >= 15 is 26.3 Å². The lowest BCUT2D eigenvalue weighted by molar-refractivity contribution is -0.145. The smallest absolute Gasteiger partial charge is 0.418 e. The Bertz CT molecular complexity index is 2380. The van der Waals surface area contributed by atoms with E-state index in [2.05, 4.69) is 0 Å². The van der Waals surface area contributed by atoms with E-state index in [0.29, 0.717) is 11.8 Å². The molecule has 2 amide bonds. The number of hydrogen-bond donors (Lipinski definition) is 2. The number of alkyl halides is 6. The molecule has 19 heteroatoms. The molecule has 0 aromatic heterocycles. The van der Waals surface area contributed by atoms with E-state index in [0.717, 1.165) is 24.3 Å². The molecule has 0 atom stereocenters. The molecule has 0 spiro atoms. The number of rotatable bonds is 12. The number of likely N-dealkylation sites (tertiary alicyclic amines) is 2. The van der Waals surface area contributed by atoms with Crippen LogP contribution in [0.4, 0.5) is 26.3 Å². The SMILES string of the molecule is COc1ccccc1-c1cc(Sc2cc(-c3ccccc3OC)c(/C=C/C(=O)N3CCC(C(=O)O)CC3)c(C(F)(F)F)c2Cl)c(Cl)c(C(F)(F)F)c1/C=C/C(=O)N1CCC(C(=O)O)CC1. The Kier molecular flexibility index (Phi) is 15.2. The molecule has 0 aliphatic carbocycles. The number of benzene rings is 4. The van der Waals surface area contributed by atoms with Crippen LogP contribution in [0.15, 0.2) is 82.6 Å². The zero-order valence-corrected chi connectivity index (χ0v) is 36.9. The fourth-order valence-electron chi connectivity index (χ4n) is 7.86. The van der Waals surface area contributed by atoms with Crippen molar-refractivity contribution < 1.29 is 65.2 Å². The fourth-order valence-corrected chi connectivity index (χ4v) is 9.59. The molecule has 0 unspecified atom stereocenters. The maximum atomic E-state index is 15.4. The van der Waals surface area contributed by atoms with Crippen molar-refractivity contribution in [2.75, 3.05) is 40.4 Å². The van der Waals surface area contributed by atoms with Crippen LogP contribution in [0.5, 0.6) is 11.5 Å². The van der Waals surface area contributed by atoms with Crippen LogP contribution in [0, 0.1) is 11.8 Å². The van der Waals surface area contributed by atoms with E-state index < -0.39 is 80.2 Å². The van der Waals surface area contributed by atoms with Gasteiger partial charge in [-0.05, 0) is 84.4 Å². The number of methoxy groups -OCH3 is 2. The molecule has 2 heterocycles. The lowest BCUT2D eigenvalue weighted by Crippen LogP contribution is -2.39. The van der Waals surface area contributed by atoms with E-state index in [9.17, 15) is 29.4 Å². The molecule has 2 aliphatic rings.